The fourth-order valence-electron chi connectivity index (χ4n) is 2.22. The number of benzene rings is 2. The van der Waals surface area contributed by atoms with Crippen molar-refractivity contribution in [1.82, 2.24) is 0 Å². The van der Waals surface area contributed by atoms with E-state index in [4.69, 9.17) is 5.73 Å². The fourth-order valence-corrected chi connectivity index (χ4v) is 2.22. The lowest BCUT2D eigenvalue weighted by Crippen LogP contribution is -2.12. The molecule has 0 spiro atoms. The maximum atomic E-state index is 6.24. The highest BCUT2D eigenvalue weighted by atomic mass is 35.5. The predicted octanol–water partition coefficient (Wildman–Crippen LogP) is 4.82. The van der Waals surface area contributed by atoms with Crippen molar-refractivity contribution in [2.45, 2.75) is 26.3 Å². The molecule has 2 heteroatoms. The summed E-state index contributed by atoms with van der Waals surface area (Å²) in [5, 5.41) is 0. The zero-order chi connectivity index (χ0) is 13.0. The van der Waals surface area contributed by atoms with Gasteiger partial charge in [-0.15, -0.1) is 12.4 Å². The van der Waals surface area contributed by atoms with Crippen LogP contribution >= 0.6 is 12.4 Å². The van der Waals surface area contributed by atoms with Crippen molar-refractivity contribution in [3.05, 3.63) is 60.2 Å². The number of rotatable bonds is 4. The summed E-state index contributed by atoms with van der Waals surface area (Å²) >= 11 is 0. The highest BCUT2D eigenvalue weighted by molar-refractivity contribution is 5.85. The highest BCUT2D eigenvalue weighted by Gasteiger charge is 2.09. The van der Waals surface area contributed by atoms with Crippen LogP contribution in [0.3, 0.4) is 0 Å². The van der Waals surface area contributed by atoms with Gasteiger partial charge >= 0.3 is 0 Å². The summed E-state index contributed by atoms with van der Waals surface area (Å²) < 4.78 is 0. The molecule has 0 saturated heterocycles. The van der Waals surface area contributed by atoms with Gasteiger partial charge in [-0.3, -0.25) is 0 Å². The fraction of sp³-hybridized carbons (Fsp3) is 0.294. The van der Waals surface area contributed by atoms with E-state index < -0.39 is 0 Å². The summed E-state index contributed by atoms with van der Waals surface area (Å²) in [5.74, 6) is 0.625. The van der Waals surface area contributed by atoms with Gasteiger partial charge in [-0.05, 0) is 35.1 Å². The third-order valence-corrected chi connectivity index (χ3v) is 3.15. The largest absolute Gasteiger partial charge is 0.324 e. The third kappa shape index (κ3) is 4.38. The van der Waals surface area contributed by atoms with Gasteiger partial charge in [0.05, 0.1) is 0 Å². The summed E-state index contributed by atoms with van der Waals surface area (Å²) in [6, 6.07) is 19.1. The molecule has 102 valence electrons. The molecule has 1 nitrogen and oxygen atoms in total. The Labute approximate surface area is 122 Å². The van der Waals surface area contributed by atoms with E-state index in [9.17, 15) is 0 Å². The van der Waals surface area contributed by atoms with E-state index >= 15 is 0 Å². The summed E-state index contributed by atoms with van der Waals surface area (Å²) in [5.41, 5.74) is 9.96. The van der Waals surface area contributed by atoms with E-state index in [1.165, 1.54) is 16.7 Å². The van der Waals surface area contributed by atoms with Crippen molar-refractivity contribution in [2.75, 3.05) is 0 Å². The maximum Gasteiger partial charge on any atom is 0.0297 e. The molecule has 0 fully saturated rings. The summed E-state index contributed by atoms with van der Waals surface area (Å²) in [6.07, 6.45) is 1.03. The smallest absolute Gasteiger partial charge is 0.0297 e. The molecular weight excluding hydrogens is 254 g/mol. The maximum absolute atomic E-state index is 6.24. The van der Waals surface area contributed by atoms with Crippen molar-refractivity contribution >= 4 is 12.4 Å². The van der Waals surface area contributed by atoms with Crippen LogP contribution < -0.4 is 5.73 Å². The lowest BCUT2D eigenvalue weighted by molar-refractivity contribution is 0.510. The second-order valence-electron chi connectivity index (χ2n) is 5.23. The van der Waals surface area contributed by atoms with Gasteiger partial charge in [0.1, 0.15) is 0 Å². The minimum Gasteiger partial charge on any atom is -0.324 e. The first kappa shape index (κ1) is 15.7. The molecule has 0 amide bonds. The first-order valence-corrected chi connectivity index (χ1v) is 6.58. The van der Waals surface area contributed by atoms with Crippen LogP contribution in [0.2, 0.25) is 0 Å². The summed E-state index contributed by atoms with van der Waals surface area (Å²) in [4.78, 5) is 0. The lowest BCUT2D eigenvalue weighted by atomic mass is 9.95. The molecule has 0 bridgehead atoms. The first-order valence-electron chi connectivity index (χ1n) is 6.58. The molecular formula is C17H22ClN. The van der Waals surface area contributed by atoms with E-state index in [1.54, 1.807) is 0 Å². The van der Waals surface area contributed by atoms with Gasteiger partial charge in [-0.2, -0.15) is 0 Å². The average Bonchev–Trinajstić information content (AvgIpc) is 2.39. The van der Waals surface area contributed by atoms with Gasteiger partial charge < -0.3 is 5.73 Å². The Morgan fingerprint density at radius 3 is 2.16 bits per heavy atom. The molecule has 2 aromatic carbocycles. The molecule has 0 aliphatic rings. The second kappa shape index (κ2) is 7.32. The molecule has 1 atom stereocenters. The van der Waals surface area contributed by atoms with Crippen molar-refractivity contribution in [1.29, 1.82) is 0 Å². The molecule has 2 N–H and O–H groups in total. The Morgan fingerprint density at radius 1 is 0.895 bits per heavy atom. The Balaban J connectivity index is 0.00000180. The molecule has 0 aliphatic carbocycles. The zero-order valence-electron chi connectivity index (χ0n) is 11.5. The van der Waals surface area contributed by atoms with Gasteiger partial charge in [0.15, 0.2) is 0 Å². The summed E-state index contributed by atoms with van der Waals surface area (Å²) in [6.45, 7) is 4.42. The molecule has 0 aliphatic heterocycles. The van der Waals surface area contributed by atoms with Crippen LogP contribution in [0.15, 0.2) is 54.6 Å². The van der Waals surface area contributed by atoms with Gasteiger partial charge in [0.25, 0.3) is 0 Å². The average molecular weight is 276 g/mol. The molecule has 2 aromatic rings. The van der Waals surface area contributed by atoms with Crippen molar-refractivity contribution in [3.63, 3.8) is 0 Å². The van der Waals surface area contributed by atoms with Gasteiger partial charge in [-0.25, -0.2) is 0 Å². The topological polar surface area (TPSA) is 26.0 Å². The van der Waals surface area contributed by atoms with Crippen LogP contribution in [0, 0.1) is 5.92 Å². The lowest BCUT2D eigenvalue weighted by Gasteiger charge is -2.15. The Kier molecular flexibility index (Phi) is 6.07. The highest BCUT2D eigenvalue weighted by Crippen LogP contribution is 2.24. The van der Waals surface area contributed by atoms with Crippen LogP contribution in [-0.4, -0.2) is 0 Å². The molecule has 2 rings (SSSR count). The predicted molar refractivity (Wildman–Crippen MR) is 85.5 cm³/mol. The van der Waals surface area contributed by atoms with Gasteiger partial charge in [-0.1, -0.05) is 62.4 Å². The zero-order valence-corrected chi connectivity index (χ0v) is 12.4. The van der Waals surface area contributed by atoms with Crippen LogP contribution in [0.25, 0.3) is 11.1 Å². The van der Waals surface area contributed by atoms with E-state index in [0.717, 1.165) is 6.42 Å². The SMILES string of the molecule is CC(C)C[C@H](N)c1cccc(-c2ccccc2)c1.Cl. The first-order chi connectivity index (χ1) is 8.66. The van der Waals surface area contributed by atoms with E-state index in [-0.39, 0.29) is 18.4 Å². The molecule has 0 radical (unpaired) electrons. The van der Waals surface area contributed by atoms with E-state index in [1.807, 2.05) is 6.07 Å². The number of hydrogen-bond acceptors (Lipinski definition) is 1. The molecule has 0 aromatic heterocycles. The molecule has 0 saturated carbocycles. The van der Waals surface area contributed by atoms with E-state index in [2.05, 4.69) is 62.4 Å². The monoisotopic (exact) mass is 275 g/mol. The van der Waals surface area contributed by atoms with Crippen molar-refractivity contribution in [3.8, 4) is 11.1 Å². The Hall–Kier alpha value is -1.31. The number of nitrogens with two attached hydrogens (primary N) is 1. The van der Waals surface area contributed by atoms with Crippen molar-refractivity contribution < 1.29 is 0 Å². The van der Waals surface area contributed by atoms with Crippen LogP contribution in [-0.2, 0) is 0 Å². The summed E-state index contributed by atoms with van der Waals surface area (Å²) in [7, 11) is 0. The van der Waals surface area contributed by atoms with Crippen LogP contribution in [0.4, 0.5) is 0 Å². The molecule has 0 heterocycles. The second-order valence-corrected chi connectivity index (χ2v) is 5.23. The Bertz CT molecular complexity index is 494. The van der Waals surface area contributed by atoms with E-state index in [0.29, 0.717) is 5.92 Å². The normalized spacial score (nSPS) is 12.0. The molecule has 19 heavy (non-hydrogen) atoms. The third-order valence-electron chi connectivity index (χ3n) is 3.15. The minimum absolute atomic E-state index is 0. The van der Waals surface area contributed by atoms with Crippen molar-refractivity contribution in [2.24, 2.45) is 11.7 Å². The Morgan fingerprint density at radius 2 is 1.53 bits per heavy atom. The van der Waals surface area contributed by atoms with Gasteiger partial charge in [0, 0.05) is 6.04 Å². The minimum atomic E-state index is 0. The number of halogens is 1. The van der Waals surface area contributed by atoms with Gasteiger partial charge in [0.2, 0.25) is 0 Å². The number of hydrogen-bond donors (Lipinski definition) is 1. The van der Waals surface area contributed by atoms with Crippen LogP contribution in [0.1, 0.15) is 31.9 Å². The van der Waals surface area contributed by atoms with Crippen LogP contribution in [0.5, 0.6) is 0 Å². The quantitative estimate of drug-likeness (QED) is 0.850. The standard InChI is InChI=1S/C17H21N.ClH/c1-13(2)11-17(18)16-10-6-9-15(12-16)14-7-4-3-5-8-14;/h3-10,12-13,17H,11,18H2,1-2H3;1H/t17-;/m0./s1. The molecule has 0 unspecified atom stereocenters.